The van der Waals surface area contributed by atoms with Crippen molar-refractivity contribution in [2.45, 2.75) is 32.1 Å². The highest BCUT2D eigenvalue weighted by molar-refractivity contribution is 5.94. The first-order valence-corrected chi connectivity index (χ1v) is 9.85. The number of carbonyl (C=O) groups excluding carboxylic acids is 2. The van der Waals surface area contributed by atoms with Gasteiger partial charge in [0.05, 0.1) is 6.33 Å². The molecule has 1 atom stereocenters. The van der Waals surface area contributed by atoms with Crippen molar-refractivity contribution in [1.82, 2.24) is 19.8 Å². The molecule has 2 aliphatic heterocycles. The first-order valence-electron chi connectivity index (χ1n) is 9.85. The Morgan fingerprint density at radius 3 is 2.96 bits per heavy atom. The molecule has 2 fully saturated rings. The highest BCUT2D eigenvalue weighted by atomic mass is 19.1. The molecular weight excluding hydrogens is 359 g/mol. The zero-order valence-corrected chi connectivity index (χ0v) is 15.9. The number of carbonyl (C=O) groups is 2. The summed E-state index contributed by atoms with van der Waals surface area (Å²) < 4.78 is 13.5. The fourth-order valence-electron chi connectivity index (χ4n) is 4.50. The number of nitrogens with zero attached hydrogens (tertiary/aromatic N) is 3. The Balaban J connectivity index is 1.44. The summed E-state index contributed by atoms with van der Waals surface area (Å²) in [4.78, 5) is 36.2. The van der Waals surface area contributed by atoms with Gasteiger partial charge in [-0.3, -0.25) is 9.59 Å². The second kappa shape index (κ2) is 7.73. The molecule has 1 aromatic heterocycles. The van der Waals surface area contributed by atoms with Crippen LogP contribution in [0.4, 0.5) is 4.39 Å². The molecule has 7 heteroatoms. The van der Waals surface area contributed by atoms with Crippen molar-refractivity contribution in [1.29, 1.82) is 0 Å². The highest BCUT2D eigenvalue weighted by Crippen LogP contribution is 2.39. The molecule has 2 amide bonds. The molecule has 0 saturated carbocycles. The van der Waals surface area contributed by atoms with Gasteiger partial charge in [0.15, 0.2) is 0 Å². The summed E-state index contributed by atoms with van der Waals surface area (Å²) in [6.07, 6.45) is 7.41. The van der Waals surface area contributed by atoms with Crippen molar-refractivity contribution >= 4 is 11.8 Å². The van der Waals surface area contributed by atoms with Gasteiger partial charge in [-0.2, -0.15) is 0 Å². The first-order chi connectivity index (χ1) is 13.5. The molecule has 1 N–H and O–H groups in total. The molecule has 28 heavy (non-hydrogen) atoms. The van der Waals surface area contributed by atoms with E-state index in [0.29, 0.717) is 38.2 Å². The number of aromatic nitrogens is 2. The lowest BCUT2D eigenvalue weighted by Crippen LogP contribution is -2.55. The van der Waals surface area contributed by atoms with Crippen LogP contribution >= 0.6 is 0 Å². The van der Waals surface area contributed by atoms with Crippen molar-refractivity contribution in [3.05, 3.63) is 53.9 Å². The fraction of sp³-hybridized carbons (Fsp3) is 0.476. The minimum absolute atomic E-state index is 0.0663. The van der Waals surface area contributed by atoms with Crippen LogP contribution in [0.15, 0.2) is 36.8 Å². The lowest BCUT2D eigenvalue weighted by Gasteiger charge is -2.48. The predicted molar refractivity (Wildman–Crippen MR) is 102 cm³/mol. The SMILES string of the molecule is O=C1CCC2(CCCN(C(=O)c3cccc(F)c3)C2)CN1CCc1cnc[nH]1. The summed E-state index contributed by atoms with van der Waals surface area (Å²) >= 11 is 0. The van der Waals surface area contributed by atoms with Crippen molar-refractivity contribution < 1.29 is 14.0 Å². The Kier molecular flexibility index (Phi) is 5.15. The molecule has 1 spiro atoms. The molecule has 1 aromatic carbocycles. The zero-order chi connectivity index (χ0) is 19.6. The van der Waals surface area contributed by atoms with Gasteiger partial charge in [0.25, 0.3) is 5.91 Å². The third-order valence-electron chi connectivity index (χ3n) is 5.97. The fourth-order valence-corrected chi connectivity index (χ4v) is 4.50. The minimum Gasteiger partial charge on any atom is -0.348 e. The number of rotatable bonds is 4. The van der Waals surface area contributed by atoms with E-state index in [1.165, 1.54) is 12.1 Å². The molecule has 2 aliphatic rings. The van der Waals surface area contributed by atoms with Gasteiger partial charge in [0, 0.05) is 61.9 Å². The van der Waals surface area contributed by atoms with E-state index in [1.807, 2.05) is 9.80 Å². The van der Waals surface area contributed by atoms with E-state index < -0.39 is 5.82 Å². The normalized spacial score (nSPS) is 22.7. The molecule has 0 aliphatic carbocycles. The molecule has 0 bridgehead atoms. The molecule has 0 radical (unpaired) electrons. The summed E-state index contributed by atoms with van der Waals surface area (Å²) in [5.41, 5.74) is 1.34. The van der Waals surface area contributed by atoms with Gasteiger partial charge < -0.3 is 14.8 Å². The summed E-state index contributed by atoms with van der Waals surface area (Å²) in [7, 11) is 0. The van der Waals surface area contributed by atoms with E-state index in [9.17, 15) is 14.0 Å². The number of piperidine rings is 2. The minimum atomic E-state index is -0.397. The monoisotopic (exact) mass is 384 g/mol. The Morgan fingerprint density at radius 2 is 2.18 bits per heavy atom. The number of hydrogen-bond donors (Lipinski definition) is 1. The van der Waals surface area contributed by atoms with Gasteiger partial charge in [-0.25, -0.2) is 9.37 Å². The maximum absolute atomic E-state index is 13.5. The van der Waals surface area contributed by atoms with E-state index in [4.69, 9.17) is 0 Å². The Labute approximate surface area is 163 Å². The smallest absolute Gasteiger partial charge is 0.253 e. The van der Waals surface area contributed by atoms with Crippen molar-refractivity contribution in [3.8, 4) is 0 Å². The van der Waals surface area contributed by atoms with Gasteiger partial charge in [0.2, 0.25) is 5.91 Å². The zero-order valence-electron chi connectivity index (χ0n) is 15.9. The Morgan fingerprint density at radius 1 is 1.29 bits per heavy atom. The molecule has 2 aromatic rings. The summed E-state index contributed by atoms with van der Waals surface area (Å²) in [5.74, 6) is -0.343. The molecule has 2 saturated heterocycles. The van der Waals surface area contributed by atoms with Gasteiger partial charge >= 0.3 is 0 Å². The number of likely N-dealkylation sites (tertiary alicyclic amines) is 2. The Bertz CT molecular complexity index is 854. The molecule has 3 heterocycles. The summed E-state index contributed by atoms with van der Waals surface area (Å²) in [6, 6.07) is 5.87. The average molecular weight is 384 g/mol. The van der Waals surface area contributed by atoms with Gasteiger partial charge in [0.1, 0.15) is 5.82 Å². The van der Waals surface area contributed by atoms with E-state index >= 15 is 0 Å². The van der Waals surface area contributed by atoms with Crippen LogP contribution in [0.2, 0.25) is 0 Å². The number of amides is 2. The van der Waals surface area contributed by atoms with Crippen LogP contribution < -0.4 is 0 Å². The van der Waals surface area contributed by atoms with Crippen molar-refractivity contribution in [2.24, 2.45) is 5.41 Å². The van der Waals surface area contributed by atoms with E-state index in [-0.39, 0.29) is 17.2 Å². The maximum atomic E-state index is 13.5. The number of nitrogens with one attached hydrogen (secondary N) is 1. The number of hydrogen-bond acceptors (Lipinski definition) is 3. The number of imidazole rings is 1. The van der Waals surface area contributed by atoms with E-state index in [0.717, 1.165) is 31.4 Å². The molecular formula is C21H25FN4O2. The van der Waals surface area contributed by atoms with Crippen LogP contribution in [-0.2, 0) is 11.2 Å². The van der Waals surface area contributed by atoms with Crippen LogP contribution in [0.25, 0.3) is 0 Å². The first kappa shape index (κ1) is 18.7. The third-order valence-corrected chi connectivity index (χ3v) is 5.97. The van der Waals surface area contributed by atoms with Gasteiger partial charge in [-0.05, 0) is 37.5 Å². The summed E-state index contributed by atoms with van der Waals surface area (Å²) in [5, 5.41) is 0. The number of benzene rings is 1. The second-order valence-electron chi connectivity index (χ2n) is 7.98. The molecule has 6 nitrogen and oxygen atoms in total. The number of aromatic amines is 1. The summed E-state index contributed by atoms with van der Waals surface area (Å²) in [6.45, 7) is 2.63. The van der Waals surface area contributed by atoms with Crippen LogP contribution in [0.5, 0.6) is 0 Å². The molecule has 148 valence electrons. The van der Waals surface area contributed by atoms with Gasteiger partial charge in [-0.1, -0.05) is 6.07 Å². The van der Waals surface area contributed by atoms with Crippen LogP contribution in [0.1, 0.15) is 41.7 Å². The van der Waals surface area contributed by atoms with E-state index in [1.54, 1.807) is 24.7 Å². The largest absolute Gasteiger partial charge is 0.348 e. The topological polar surface area (TPSA) is 69.3 Å². The standard InChI is InChI=1S/C21H25FN4O2/c22-17-4-1-3-16(11-17)20(28)26-9-2-7-21(14-26)8-5-19(27)25(13-21)10-6-18-12-23-15-24-18/h1,3-4,11-12,15H,2,5-10,13-14H2,(H,23,24). The number of H-pyrrole nitrogens is 1. The number of halogens is 1. The maximum Gasteiger partial charge on any atom is 0.253 e. The second-order valence-corrected chi connectivity index (χ2v) is 7.98. The highest BCUT2D eigenvalue weighted by Gasteiger charge is 2.42. The quantitative estimate of drug-likeness (QED) is 0.881. The van der Waals surface area contributed by atoms with Crippen LogP contribution in [-0.4, -0.2) is 57.8 Å². The van der Waals surface area contributed by atoms with Gasteiger partial charge in [-0.15, -0.1) is 0 Å². The Hall–Kier alpha value is -2.70. The van der Waals surface area contributed by atoms with Crippen LogP contribution in [0, 0.1) is 11.2 Å². The lowest BCUT2D eigenvalue weighted by molar-refractivity contribution is -0.138. The molecule has 1 unspecified atom stereocenters. The predicted octanol–water partition coefficient (Wildman–Crippen LogP) is 2.64. The van der Waals surface area contributed by atoms with Crippen molar-refractivity contribution in [3.63, 3.8) is 0 Å². The average Bonchev–Trinajstić information content (AvgIpc) is 3.22. The third kappa shape index (κ3) is 3.93. The lowest BCUT2D eigenvalue weighted by atomic mass is 9.73. The van der Waals surface area contributed by atoms with E-state index in [2.05, 4.69) is 9.97 Å². The van der Waals surface area contributed by atoms with Crippen molar-refractivity contribution in [2.75, 3.05) is 26.2 Å². The van der Waals surface area contributed by atoms with Crippen LogP contribution in [0.3, 0.4) is 0 Å². The molecule has 4 rings (SSSR count).